The summed E-state index contributed by atoms with van der Waals surface area (Å²) in [6, 6.07) is 14.9. The Balaban J connectivity index is 1.80. The van der Waals surface area contributed by atoms with Crippen molar-refractivity contribution in [2.24, 2.45) is 0 Å². The van der Waals surface area contributed by atoms with Gasteiger partial charge in [0.05, 0.1) is 11.6 Å². The lowest BCUT2D eigenvalue weighted by Gasteiger charge is -2.28. The molecule has 0 fully saturated rings. The lowest BCUT2D eigenvalue weighted by atomic mass is 9.76. The molecular weight excluding hydrogens is 432 g/mol. The molecule has 1 aromatic heterocycles. The summed E-state index contributed by atoms with van der Waals surface area (Å²) >= 11 is 5.91. The van der Waals surface area contributed by atoms with E-state index in [4.69, 9.17) is 20.8 Å². The Kier molecular flexibility index (Phi) is 8.21. The number of benzene rings is 2. The monoisotopic (exact) mass is 464 g/mol. The van der Waals surface area contributed by atoms with E-state index in [0.717, 1.165) is 58.9 Å². The number of nitriles is 1. The van der Waals surface area contributed by atoms with E-state index in [-0.39, 0.29) is 11.3 Å². The van der Waals surface area contributed by atoms with Gasteiger partial charge < -0.3 is 9.15 Å². The standard InChI is InChI=1S/C28H33ClN2O2/c1-6-20-14-23(15-21(16-30)26(20)8-7-13-29)28(4,5)22-9-11-25(12-10-22)32-17-24-18-33-27(31-24)19(2)3/h9-12,14-15,18-19H,6-8,13,17H2,1-5H3. The first-order valence-corrected chi connectivity index (χ1v) is 12.1. The van der Waals surface area contributed by atoms with Gasteiger partial charge in [0.15, 0.2) is 5.89 Å². The van der Waals surface area contributed by atoms with Crippen molar-refractivity contribution >= 4 is 11.6 Å². The number of nitrogens with zero attached hydrogens (tertiary/aromatic N) is 2. The number of aromatic nitrogens is 1. The molecule has 2 aromatic carbocycles. The van der Waals surface area contributed by atoms with E-state index in [1.54, 1.807) is 6.26 Å². The van der Waals surface area contributed by atoms with Crippen molar-refractivity contribution in [2.45, 2.75) is 71.8 Å². The maximum absolute atomic E-state index is 9.81. The summed E-state index contributed by atoms with van der Waals surface area (Å²) in [6.07, 6.45) is 4.26. The lowest BCUT2D eigenvalue weighted by molar-refractivity contribution is 0.301. The Morgan fingerprint density at radius 1 is 1.15 bits per heavy atom. The van der Waals surface area contributed by atoms with E-state index in [2.05, 4.69) is 50.0 Å². The zero-order valence-corrected chi connectivity index (χ0v) is 21.0. The van der Waals surface area contributed by atoms with Crippen LogP contribution in [0.1, 0.15) is 86.4 Å². The summed E-state index contributed by atoms with van der Waals surface area (Å²) in [7, 11) is 0. The largest absolute Gasteiger partial charge is 0.487 e. The molecule has 1 heterocycles. The van der Waals surface area contributed by atoms with Gasteiger partial charge in [0, 0.05) is 17.2 Å². The SMILES string of the molecule is CCc1cc(C(C)(C)c2ccc(OCc3coc(C(C)C)n3)cc2)cc(C#N)c1CCCCl. The van der Waals surface area contributed by atoms with Crippen LogP contribution in [0.5, 0.6) is 5.75 Å². The van der Waals surface area contributed by atoms with E-state index in [1.807, 2.05) is 32.0 Å². The molecule has 33 heavy (non-hydrogen) atoms. The molecule has 0 amide bonds. The molecule has 3 rings (SSSR count). The second-order valence-corrected chi connectivity index (χ2v) is 9.57. The van der Waals surface area contributed by atoms with Gasteiger partial charge >= 0.3 is 0 Å². The summed E-state index contributed by atoms with van der Waals surface area (Å²) in [4.78, 5) is 4.45. The smallest absolute Gasteiger partial charge is 0.196 e. The minimum Gasteiger partial charge on any atom is -0.487 e. The van der Waals surface area contributed by atoms with Gasteiger partial charge in [0.25, 0.3) is 0 Å². The van der Waals surface area contributed by atoms with Crippen LogP contribution in [-0.2, 0) is 24.9 Å². The number of hydrogen-bond donors (Lipinski definition) is 0. The van der Waals surface area contributed by atoms with Crippen molar-refractivity contribution in [3.63, 3.8) is 0 Å². The van der Waals surface area contributed by atoms with Crippen molar-refractivity contribution in [3.05, 3.63) is 82.1 Å². The molecule has 0 N–H and O–H groups in total. The average Bonchev–Trinajstić information content (AvgIpc) is 3.30. The van der Waals surface area contributed by atoms with Crippen LogP contribution in [0.15, 0.2) is 47.1 Å². The zero-order valence-electron chi connectivity index (χ0n) is 20.2. The number of oxazole rings is 1. The number of alkyl halides is 1. The third-order valence-corrected chi connectivity index (χ3v) is 6.42. The van der Waals surface area contributed by atoms with Crippen LogP contribution in [-0.4, -0.2) is 10.9 Å². The van der Waals surface area contributed by atoms with Gasteiger partial charge in [-0.3, -0.25) is 0 Å². The van der Waals surface area contributed by atoms with E-state index in [0.29, 0.717) is 12.5 Å². The molecule has 0 spiro atoms. The second-order valence-electron chi connectivity index (χ2n) is 9.19. The topological polar surface area (TPSA) is 59.1 Å². The first-order valence-electron chi connectivity index (χ1n) is 11.6. The fourth-order valence-corrected chi connectivity index (χ4v) is 4.13. The quantitative estimate of drug-likeness (QED) is 0.295. The van der Waals surface area contributed by atoms with Crippen LogP contribution in [0.3, 0.4) is 0 Å². The molecule has 3 aromatic rings. The van der Waals surface area contributed by atoms with Gasteiger partial charge in [0.2, 0.25) is 0 Å². The molecule has 0 saturated carbocycles. The molecule has 0 atom stereocenters. The Morgan fingerprint density at radius 2 is 1.88 bits per heavy atom. The number of ether oxygens (including phenoxy) is 1. The van der Waals surface area contributed by atoms with Crippen LogP contribution < -0.4 is 4.74 Å². The third-order valence-electron chi connectivity index (χ3n) is 6.15. The Morgan fingerprint density at radius 3 is 2.45 bits per heavy atom. The molecule has 0 radical (unpaired) electrons. The molecular formula is C28H33ClN2O2. The number of rotatable bonds is 10. The van der Waals surface area contributed by atoms with E-state index in [1.165, 1.54) is 5.56 Å². The molecule has 5 heteroatoms. The molecule has 0 aliphatic carbocycles. The van der Waals surface area contributed by atoms with Crippen LogP contribution in [0.2, 0.25) is 0 Å². The highest BCUT2D eigenvalue weighted by Gasteiger charge is 2.25. The summed E-state index contributed by atoms with van der Waals surface area (Å²) in [5.74, 6) is 2.37. The fourth-order valence-electron chi connectivity index (χ4n) is 3.99. The summed E-state index contributed by atoms with van der Waals surface area (Å²) < 4.78 is 11.4. The highest BCUT2D eigenvalue weighted by molar-refractivity contribution is 6.17. The van der Waals surface area contributed by atoms with Gasteiger partial charge in [-0.2, -0.15) is 5.26 Å². The van der Waals surface area contributed by atoms with Crippen LogP contribution in [0.4, 0.5) is 0 Å². The summed E-state index contributed by atoms with van der Waals surface area (Å²) in [5, 5.41) is 9.81. The fraction of sp³-hybridized carbons (Fsp3) is 0.429. The number of aryl methyl sites for hydroxylation is 1. The summed E-state index contributed by atoms with van der Waals surface area (Å²) in [5.41, 5.74) is 5.97. The van der Waals surface area contributed by atoms with Crippen molar-refractivity contribution in [3.8, 4) is 11.8 Å². The van der Waals surface area contributed by atoms with Crippen molar-refractivity contribution in [1.82, 2.24) is 4.98 Å². The number of hydrogen-bond acceptors (Lipinski definition) is 4. The molecule has 4 nitrogen and oxygen atoms in total. The third kappa shape index (κ3) is 5.78. The minimum atomic E-state index is -0.253. The van der Waals surface area contributed by atoms with E-state index < -0.39 is 0 Å². The van der Waals surface area contributed by atoms with Crippen molar-refractivity contribution < 1.29 is 9.15 Å². The Hall–Kier alpha value is -2.77. The van der Waals surface area contributed by atoms with Gasteiger partial charge in [-0.25, -0.2) is 4.98 Å². The molecule has 0 unspecified atom stereocenters. The maximum Gasteiger partial charge on any atom is 0.196 e. The van der Waals surface area contributed by atoms with E-state index in [9.17, 15) is 5.26 Å². The highest BCUT2D eigenvalue weighted by Crippen LogP contribution is 2.35. The zero-order chi connectivity index (χ0) is 24.0. The summed E-state index contributed by atoms with van der Waals surface area (Å²) in [6.45, 7) is 11.0. The van der Waals surface area contributed by atoms with Crippen molar-refractivity contribution in [2.75, 3.05) is 5.88 Å². The van der Waals surface area contributed by atoms with Gasteiger partial charge in [0.1, 0.15) is 24.3 Å². The maximum atomic E-state index is 9.81. The van der Waals surface area contributed by atoms with Crippen LogP contribution >= 0.6 is 11.6 Å². The van der Waals surface area contributed by atoms with Gasteiger partial charge in [-0.1, -0.05) is 52.8 Å². The predicted octanol–water partition coefficient (Wildman–Crippen LogP) is 7.31. The average molecular weight is 465 g/mol. The highest BCUT2D eigenvalue weighted by atomic mass is 35.5. The Labute approximate surface area is 202 Å². The Bertz CT molecular complexity index is 1110. The molecule has 0 aliphatic heterocycles. The molecule has 0 saturated heterocycles. The first kappa shape index (κ1) is 24.9. The predicted molar refractivity (Wildman–Crippen MR) is 133 cm³/mol. The van der Waals surface area contributed by atoms with Crippen LogP contribution in [0, 0.1) is 11.3 Å². The van der Waals surface area contributed by atoms with Crippen LogP contribution in [0.25, 0.3) is 0 Å². The minimum absolute atomic E-state index is 0.253. The first-order chi connectivity index (χ1) is 15.8. The lowest BCUT2D eigenvalue weighted by Crippen LogP contribution is -2.20. The molecule has 174 valence electrons. The number of halogens is 1. The molecule has 0 aliphatic rings. The second kappa shape index (κ2) is 10.9. The van der Waals surface area contributed by atoms with Gasteiger partial charge in [-0.15, -0.1) is 11.6 Å². The van der Waals surface area contributed by atoms with E-state index >= 15 is 0 Å². The van der Waals surface area contributed by atoms with Gasteiger partial charge in [-0.05, 0) is 59.7 Å². The van der Waals surface area contributed by atoms with Crippen molar-refractivity contribution in [1.29, 1.82) is 5.26 Å². The molecule has 0 bridgehead atoms. The normalized spacial score (nSPS) is 11.6.